The molecular formula is C21H20N2O4S. The molecule has 7 heteroatoms. The minimum atomic E-state index is -0.492. The predicted octanol–water partition coefficient (Wildman–Crippen LogP) is 4.07. The third kappa shape index (κ3) is 3.11. The number of amides is 2. The van der Waals surface area contributed by atoms with Crippen LogP contribution in [-0.4, -0.2) is 41.9 Å². The van der Waals surface area contributed by atoms with Crippen molar-refractivity contribution < 1.29 is 19.1 Å². The summed E-state index contributed by atoms with van der Waals surface area (Å²) in [6.07, 6.45) is 2.00. The largest absolute Gasteiger partial charge is 0.497 e. The first-order chi connectivity index (χ1) is 13.5. The van der Waals surface area contributed by atoms with Crippen molar-refractivity contribution in [1.29, 1.82) is 0 Å². The van der Waals surface area contributed by atoms with Gasteiger partial charge in [-0.05, 0) is 47.2 Å². The Balaban J connectivity index is 1.72. The molecule has 1 unspecified atom stereocenters. The van der Waals surface area contributed by atoms with Gasteiger partial charge in [-0.3, -0.25) is 14.5 Å². The highest BCUT2D eigenvalue weighted by Crippen LogP contribution is 2.41. The van der Waals surface area contributed by atoms with Crippen LogP contribution >= 0.6 is 11.8 Å². The van der Waals surface area contributed by atoms with Gasteiger partial charge in [-0.1, -0.05) is 12.1 Å². The average Bonchev–Trinajstić information content (AvgIpc) is 3.23. The van der Waals surface area contributed by atoms with Crippen LogP contribution in [0.5, 0.6) is 11.5 Å². The number of methoxy groups -OCH3 is 2. The summed E-state index contributed by atoms with van der Waals surface area (Å²) in [6.45, 7) is 0.630. The summed E-state index contributed by atoms with van der Waals surface area (Å²) < 4.78 is 12.8. The van der Waals surface area contributed by atoms with Gasteiger partial charge in [-0.2, -0.15) is 0 Å². The van der Waals surface area contributed by atoms with E-state index in [4.69, 9.17) is 9.47 Å². The van der Waals surface area contributed by atoms with Crippen molar-refractivity contribution in [2.75, 3.05) is 21.3 Å². The lowest BCUT2D eigenvalue weighted by Gasteiger charge is -2.12. The maximum absolute atomic E-state index is 12.4. The van der Waals surface area contributed by atoms with Gasteiger partial charge in [-0.25, -0.2) is 0 Å². The molecule has 1 atom stereocenters. The van der Waals surface area contributed by atoms with Crippen LogP contribution in [0.25, 0.3) is 10.9 Å². The van der Waals surface area contributed by atoms with Crippen molar-refractivity contribution >= 4 is 33.8 Å². The van der Waals surface area contributed by atoms with E-state index < -0.39 is 5.25 Å². The molecule has 1 fully saturated rings. The van der Waals surface area contributed by atoms with E-state index in [1.54, 1.807) is 14.2 Å². The first-order valence-corrected chi connectivity index (χ1v) is 9.67. The summed E-state index contributed by atoms with van der Waals surface area (Å²) in [5, 5.41) is 0.273. The Morgan fingerprint density at radius 1 is 1.04 bits per heavy atom. The number of benzene rings is 2. The van der Waals surface area contributed by atoms with E-state index in [9.17, 15) is 9.59 Å². The molecule has 0 spiro atoms. The van der Waals surface area contributed by atoms with Gasteiger partial charge in [0, 0.05) is 36.8 Å². The van der Waals surface area contributed by atoms with Gasteiger partial charge >= 0.3 is 0 Å². The van der Waals surface area contributed by atoms with Crippen LogP contribution < -0.4 is 9.47 Å². The van der Waals surface area contributed by atoms with Gasteiger partial charge in [0.2, 0.25) is 5.91 Å². The number of ether oxygens (including phenoxy) is 2. The van der Waals surface area contributed by atoms with Crippen LogP contribution in [0.3, 0.4) is 0 Å². The minimum absolute atomic E-state index is 0.173. The average molecular weight is 396 g/mol. The van der Waals surface area contributed by atoms with E-state index >= 15 is 0 Å². The molecule has 0 bridgehead atoms. The van der Waals surface area contributed by atoms with Crippen LogP contribution in [0, 0.1) is 0 Å². The van der Waals surface area contributed by atoms with Gasteiger partial charge in [0.1, 0.15) is 16.7 Å². The Labute approximate surface area is 167 Å². The topological polar surface area (TPSA) is 60.8 Å². The van der Waals surface area contributed by atoms with Gasteiger partial charge in [0.05, 0.1) is 14.2 Å². The van der Waals surface area contributed by atoms with Crippen LogP contribution in [0.15, 0.2) is 48.7 Å². The summed E-state index contributed by atoms with van der Waals surface area (Å²) in [4.78, 5) is 25.5. The number of fused-ring (bicyclic) bond motifs is 1. The third-order valence-electron chi connectivity index (χ3n) is 4.94. The lowest BCUT2D eigenvalue weighted by Crippen LogP contribution is -2.24. The molecule has 0 aliphatic carbocycles. The Bertz CT molecular complexity index is 1050. The zero-order chi connectivity index (χ0) is 19.8. The Morgan fingerprint density at radius 2 is 1.75 bits per heavy atom. The van der Waals surface area contributed by atoms with Crippen molar-refractivity contribution in [2.45, 2.75) is 11.8 Å². The molecule has 2 heterocycles. The molecule has 0 radical (unpaired) electrons. The summed E-state index contributed by atoms with van der Waals surface area (Å²) in [6, 6.07) is 13.7. The Kier molecular flexibility index (Phi) is 4.77. The number of rotatable bonds is 5. The summed E-state index contributed by atoms with van der Waals surface area (Å²) in [7, 11) is 4.79. The van der Waals surface area contributed by atoms with Gasteiger partial charge in [0.15, 0.2) is 0 Å². The number of hydrogen-bond acceptors (Lipinski definition) is 5. The van der Waals surface area contributed by atoms with E-state index in [2.05, 4.69) is 4.57 Å². The monoisotopic (exact) mass is 396 g/mol. The number of carbonyl (C=O) groups is 2. The fourth-order valence-electron chi connectivity index (χ4n) is 3.46. The summed E-state index contributed by atoms with van der Waals surface area (Å²) in [5.41, 5.74) is 2.92. The third-order valence-corrected chi connectivity index (χ3v) is 6.11. The van der Waals surface area contributed by atoms with Gasteiger partial charge in [0.25, 0.3) is 5.24 Å². The first kappa shape index (κ1) is 18.4. The fourth-order valence-corrected chi connectivity index (χ4v) is 4.50. The van der Waals surface area contributed by atoms with Gasteiger partial charge < -0.3 is 14.0 Å². The highest BCUT2D eigenvalue weighted by atomic mass is 32.2. The van der Waals surface area contributed by atoms with E-state index in [1.807, 2.05) is 48.7 Å². The van der Waals surface area contributed by atoms with Crippen molar-refractivity contribution in [3.05, 3.63) is 59.8 Å². The standard InChI is InChI=1S/C21H20N2O4S/c1-22-20(24)19(28-21(22)25)17-5-4-6-18-16(17)7-8-23(18)12-13-9-14(26-2)11-15(10-13)27-3/h4-11,19H,12H2,1-3H3. The van der Waals surface area contributed by atoms with E-state index in [0.29, 0.717) is 6.54 Å². The second-order valence-corrected chi connectivity index (χ2v) is 7.66. The lowest BCUT2D eigenvalue weighted by atomic mass is 10.1. The molecule has 1 aromatic heterocycles. The number of nitrogens with zero attached hydrogens (tertiary/aromatic N) is 2. The van der Waals surface area contributed by atoms with E-state index in [0.717, 1.165) is 45.3 Å². The van der Waals surface area contributed by atoms with Crippen molar-refractivity contribution in [3.8, 4) is 11.5 Å². The Hall–Kier alpha value is -2.93. The molecule has 0 saturated carbocycles. The molecule has 1 aliphatic heterocycles. The fraction of sp³-hybridized carbons (Fsp3) is 0.238. The molecule has 2 amide bonds. The number of hydrogen-bond donors (Lipinski definition) is 0. The van der Waals surface area contributed by atoms with Crippen LogP contribution in [0.1, 0.15) is 16.4 Å². The van der Waals surface area contributed by atoms with Crippen LogP contribution in [-0.2, 0) is 11.3 Å². The number of likely N-dealkylation sites (N-methyl/N-ethyl adjacent to an activating group) is 1. The highest BCUT2D eigenvalue weighted by molar-refractivity contribution is 8.15. The molecule has 2 aromatic carbocycles. The maximum atomic E-state index is 12.4. The lowest BCUT2D eigenvalue weighted by molar-refractivity contribution is -0.125. The quantitative estimate of drug-likeness (QED) is 0.651. The van der Waals surface area contributed by atoms with Crippen molar-refractivity contribution in [3.63, 3.8) is 0 Å². The number of thioether (sulfide) groups is 1. The molecule has 144 valence electrons. The maximum Gasteiger partial charge on any atom is 0.289 e. The second-order valence-electron chi connectivity index (χ2n) is 6.61. The van der Waals surface area contributed by atoms with Crippen LogP contribution in [0.4, 0.5) is 4.79 Å². The molecule has 1 aliphatic rings. The molecule has 0 N–H and O–H groups in total. The number of aromatic nitrogens is 1. The molecule has 1 saturated heterocycles. The predicted molar refractivity (Wildman–Crippen MR) is 109 cm³/mol. The normalized spacial score (nSPS) is 16.8. The van der Waals surface area contributed by atoms with Crippen molar-refractivity contribution in [1.82, 2.24) is 9.47 Å². The molecule has 28 heavy (non-hydrogen) atoms. The molecular weight excluding hydrogens is 376 g/mol. The summed E-state index contributed by atoms with van der Waals surface area (Å²) >= 11 is 1.07. The molecule has 6 nitrogen and oxygen atoms in total. The molecule has 4 rings (SSSR count). The number of carbonyl (C=O) groups excluding carboxylic acids is 2. The van der Waals surface area contributed by atoms with Gasteiger partial charge in [-0.15, -0.1) is 0 Å². The zero-order valence-electron chi connectivity index (χ0n) is 15.8. The second kappa shape index (κ2) is 7.24. The zero-order valence-corrected chi connectivity index (χ0v) is 16.7. The smallest absolute Gasteiger partial charge is 0.289 e. The van der Waals surface area contributed by atoms with E-state index in [-0.39, 0.29) is 11.1 Å². The summed E-state index contributed by atoms with van der Waals surface area (Å²) in [5.74, 6) is 1.30. The number of imide groups is 1. The molecule has 3 aromatic rings. The SMILES string of the molecule is COc1cc(Cn2ccc3c(C4SC(=O)N(C)C4=O)cccc32)cc(OC)c1. The van der Waals surface area contributed by atoms with Crippen LogP contribution in [0.2, 0.25) is 0 Å². The van der Waals surface area contributed by atoms with E-state index in [1.165, 1.54) is 11.9 Å². The Morgan fingerprint density at radius 3 is 2.36 bits per heavy atom. The first-order valence-electron chi connectivity index (χ1n) is 8.79. The van der Waals surface area contributed by atoms with Crippen molar-refractivity contribution in [2.24, 2.45) is 0 Å². The highest BCUT2D eigenvalue weighted by Gasteiger charge is 2.38. The minimum Gasteiger partial charge on any atom is -0.497 e.